The lowest BCUT2D eigenvalue weighted by Crippen LogP contribution is -2.36. The van der Waals surface area contributed by atoms with Gasteiger partial charge in [0.1, 0.15) is 5.82 Å². The summed E-state index contributed by atoms with van der Waals surface area (Å²) < 4.78 is 41.3. The van der Waals surface area contributed by atoms with Gasteiger partial charge >= 0.3 is 0 Å². The Bertz CT molecular complexity index is 1110. The highest BCUT2D eigenvalue weighted by atomic mass is 32.2. The number of carbonyl (C=O) groups excluding carboxylic acids is 1. The fourth-order valence-corrected chi connectivity index (χ4v) is 3.84. The standard InChI is InChI=1S/C20H21FN4O3S/c1-14-19(15(2)25(24-14)17-6-4-3-5-7-17)12-22-20(26)13-23-29(27,28)18-10-8-16(21)9-11-18/h3-11,23H,12-13H2,1-2H3,(H,22,26). The molecule has 0 aliphatic rings. The summed E-state index contributed by atoms with van der Waals surface area (Å²) in [5, 5.41) is 7.21. The van der Waals surface area contributed by atoms with Crippen molar-refractivity contribution in [3.8, 4) is 5.69 Å². The minimum absolute atomic E-state index is 0.109. The Morgan fingerprint density at radius 3 is 2.38 bits per heavy atom. The molecule has 9 heteroatoms. The summed E-state index contributed by atoms with van der Waals surface area (Å²) in [6.45, 7) is 3.56. The third kappa shape index (κ3) is 4.87. The summed E-state index contributed by atoms with van der Waals surface area (Å²) in [6.07, 6.45) is 0. The molecule has 152 valence electrons. The second kappa shape index (κ2) is 8.54. The summed E-state index contributed by atoms with van der Waals surface area (Å²) in [6, 6.07) is 14.0. The lowest BCUT2D eigenvalue weighted by molar-refractivity contribution is -0.120. The van der Waals surface area contributed by atoms with Gasteiger partial charge in [0.25, 0.3) is 0 Å². The molecule has 7 nitrogen and oxygen atoms in total. The molecule has 1 heterocycles. The van der Waals surface area contributed by atoms with Crippen molar-refractivity contribution in [2.24, 2.45) is 0 Å². The van der Waals surface area contributed by atoms with Crippen molar-refractivity contribution in [3.63, 3.8) is 0 Å². The number of rotatable bonds is 7. The van der Waals surface area contributed by atoms with Crippen LogP contribution in [0.2, 0.25) is 0 Å². The zero-order chi connectivity index (χ0) is 21.0. The summed E-state index contributed by atoms with van der Waals surface area (Å²) in [5.74, 6) is -1.02. The maximum absolute atomic E-state index is 12.9. The highest BCUT2D eigenvalue weighted by molar-refractivity contribution is 7.89. The van der Waals surface area contributed by atoms with E-state index in [1.807, 2.05) is 44.2 Å². The number of benzene rings is 2. The van der Waals surface area contributed by atoms with Gasteiger partial charge in [0.2, 0.25) is 15.9 Å². The van der Waals surface area contributed by atoms with Crippen molar-refractivity contribution in [2.45, 2.75) is 25.3 Å². The molecule has 1 amide bonds. The van der Waals surface area contributed by atoms with Gasteiger partial charge in [-0.25, -0.2) is 22.2 Å². The van der Waals surface area contributed by atoms with Crippen molar-refractivity contribution in [1.82, 2.24) is 19.8 Å². The Morgan fingerprint density at radius 1 is 1.07 bits per heavy atom. The number of aryl methyl sites for hydroxylation is 1. The molecule has 29 heavy (non-hydrogen) atoms. The van der Waals surface area contributed by atoms with E-state index in [0.717, 1.165) is 46.9 Å². The minimum Gasteiger partial charge on any atom is -0.351 e. The highest BCUT2D eigenvalue weighted by Crippen LogP contribution is 2.17. The Balaban J connectivity index is 1.61. The van der Waals surface area contributed by atoms with Gasteiger partial charge in [-0.3, -0.25) is 4.79 Å². The summed E-state index contributed by atoms with van der Waals surface area (Å²) in [7, 11) is -3.90. The van der Waals surface area contributed by atoms with Crippen LogP contribution in [0.25, 0.3) is 5.69 Å². The maximum atomic E-state index is 12.9. The van der Waals surface area contributed by atoms with Crippen LogP contribution in [0.5, 0.6) is 0 Å². The molecule has 1 aromatic heterocycles. The van der Waals surface area contributed by atoms with E-state index < -0.39 is 28.3 Å². The van der Waals surface area contributed by atoms with Gasteiger partial charge in [-0.15, -0.1) is 0 Å². The number of hydrogen-bond donors (Lipinski definition) is 2. The quantitative estimate of drug-likeness (QED) is 0.618. The Labute approximate surface area is 168 Å². The average Bonchev–Trinajstić information content (AvgIpc) is 2.99. The Morgan fingerprint density at radius 2 is 1.72 bits per heavy atom. The first-order chi connectivity index (χ1) is 13.8. The average molecular weight is 416 g/mol. The minimum atomic E-state index is -3.90. The Kier molecular flexibility index (Phi) is 6.09. The second-order valence-electron chi connectivity index (χ2n) is 6.45. The van der Waals surface area contributed by atoms with Gasteiger partial charge in [0.15, 0.2) is 0 Å². The van der Waals surface area contributed by atoms with E-state index in [9.17, 15) is 17.6 Å². The Hall–Kier alpha value is -3.04. The van der Waals surface area contributed by atoms with Crippen LogP contribution in [0.3, 0.4) is 0 Å². The molecule has 3 rings (SSSR count). The van der Waals surface area contributed by atoms with Crippen LogP contribution in [-0.2, 0) is 21.4 Å². The number of halogens is 1. The molecule has 2 N–H and O–H groups in total. The van der Waals surface area contributed by atoms with Crippen molar-refractivity contribution in [2.75, 3.05) is 6.54 Å². The molecule has 0 aliphatic heterocycles. The molecule has 0 aliphatic carbocycles. The van der Waals surface area contributed by atoms with Crippen LogP contribution >= 0.6 is 0 Å². The van der Waals surface area contributed by atoms with Crippen LogP contribution < -0.4 is 10.0 Å². The number of nitrogens with one attached hydrogen (secondary N) is 2. The van der Waals surface area contributed by atoms with Gasteiger partial charge < -0.3 is 5.32 Å². The van der Waals surface area contributed by atoms with Gasteiger partial charge in [-0.05, 0) is 50.2 Å². The normalized spacial score (nSPS) is 11.4. The van der Waals surface area contributed by atoms with Crippen molar-refractivity contribution >= 4 is 15.9 Å². The second-order valence-corrected chi connectivity index (χ2v) is 8.22. The van der Waals surface area contributed by atoms with Gasteiger partial charge in [-0.1, -0.05) is 18.2 Å². The molecule has 0 radical (unpaired) electrons. The smallest absolute Gasteiger partial charge is 0.241 e. The first kappa shape index (κ1) is 20.7. The molecular formula is C20H21FN4O3S. The molecule has 0 atom stereocenters. The molecule has 0 spiro atoms. The number of aromatic nitrogens is 2. The predicted molar refractivity (Wildman–Crippen MR) is 106 cm³/mol. The molecule has 0 unspecified atom stereocenters. The largest absolute Gasteiger partial charge is 0.351 e. The zero-order valence-electron chi connectivity index (χ0n) is 16.0. The summed E-state index contributed by atoms with van der Waals surface area (Å²) in [5.41, 5.74) is 3.45. The first-order valence-corrected chi connectivity index (χ1v) is 10.4. The predicted octanol–water partition coefficient (Wildman–Crippen LogP) is 2.22. The number of sulfonamides is 1. The van der Waals surface area contributed by atoms with Crippen LogP contribution in [0.1, 0.15) is 17.0 Å². The number of amides is 1. The van der Waals surface area contributed by atoms with Crippen molar-refractivity contribution in [1.29, 1.82) is 0 Å². The molecule has 0 fully saturated rings. The van der Waals surface area contributed by atoms with E-state index >= 15 is 0 Å². The van der Waals surface area contributed by atoms with E-state index in [2.05, 4.69) is 15.1 Å². The van der Waals surface area contributed by atoms with Crippen LogP contribution in [0, 0.1) is 19.7 Å². The third-order valence-corrected chi connectivity index (χ3v) is 5.87. The molecule has 0 saturated carbocycles. The SMILES string of the molecule is Cc1nn(-c2ccccc2)c(C)c1CNC(=O)CNS(=O)(=O)c1ccc(F)cc1. The fraction of sp³-hybridized carbons (Fsp3) is 0.200. The van der Waals surface area contributed by atoms with Crippen LogP contribution in [0.15, 0.2) is 59.5 Å². The monoisotopic (exact) mass is 416 g/mol. The fourth-order valence-electron chi connectivity index (χ4n) is 2.86. The summed E-state index contributed by atoms with van der Waals surface area (Å²) in [4.78, 5) is 12.0. The number of nitrogens with zero attached hydrogens (tertiary/aromatic N) is 2. The lowest BCUT2D eigenvalue weighted by atomic mass is 10.2. The molecular weight excluding hydrogens is 395 g/mol. The maximum Gasteiger partial charge on any atom is 0.241 e. The number of hydrogen-bond acceptors (Lipinski definition) is 4. The number of para-hydroxylation sites is 1. The summed E-state index contributed by atoms with van der Waals surface area (Å²) >= 11 is 0. The van der Waals surface area contributed by atoms with Crippen molar-refractivity contribution in [3.05, 3.63) is 77.4 Å². The van der Waals surface area contributed by atoms with Crippen LogP contribution in [-0.4, -0.2) is 30.7 Å². The lowest BCUT2D eigenvalue weighted by Gasteiger charge is -2.09. The highest BCUT2D eigenvalue weighted by Gasteiger charge is 2.17. The van der Waals surface area contributed by atoms with Crippen molar-refractivity contribution < 1.29 is 17.6 Å². The van der Waals surface area contributed by atoms with E-state index in [1.165, 1.54) is 0 Å². The van der Waals surface area contributed by atoms with Crippen LogP contribution in [0.4, 0.5) is 4.39 Å². The van der Waals surface area contributed by atoms with E-state index in [4.69, 9.17) is 0 Å². The molecule has 2 aromatic carbocycles. The zero-order valence-corrected chi connectivity index (χ0v) is 16.8. The van der Waals surface area contributed by atoms with Gasteiger partial charge in [0.05, 0.1) is 22.8 Å². The van der Waals surface area contributed by atoms with Gasteiger partial charge in [-0.2, -0.15) is 5.10 Å². The van der Waals surface area contributed by atoms with Gasteiger partial charge in [0, 0.05) is 17.8 Å². The molecule has 0 saturated heterocycles. The number of carbonyl (C=O) groups is 1. The van der Waals surface area contributed by atoms with E-state index in [-0.39, 0.29) is 11.4 Å². The third-order valence-electron chi connectivity index (χ3n) is 4.45. The molecule has 3 aromatic rings. The van der Waals surface area contributed by atoms with E-state index in [1.54, 1.807) is 4.68 Å². The molecule has 0 bridgehead atoms. The topological polar surface area (TPSA) is 93.1 Å². The van der Waals surface area contributed by atoms with E-state index in [0.29, 0.717) is 0 Å². The first-order valence-electron chi connectivity index (χ1n) is 8.90.